The highest BCUT2D eigenvalue weighted by Gasteiger charge is 2.22. The normalized spacial score (nSPS) is 11.9. The molecule has 0 amide bonds. The molecule has 0 saturated carbocycles. The molecule has 0 bridgehead atoms. The molecular weight excluding hydrogens is 256 g/mol. The van der Waals surface area contributed by atoms with Crippen molar-refractivity contribution in [3.63, 3.8) is 0 Å². The van der Waals surface area contributed by atoms with E-state index in [1.54, 1.807) is 18.2 Å². The van der Waals surface area contributed by atoms with Gasteiger partial charge in [0.25, 0.3) is 0 Å². The van der Waals surface area contributed by atoms with E-state index in [4.69, 9.17) is 4.74 Å². The summed E-state index contributed by atoms with van der Waals surface area (Å²) in [4.78, 5) is 10.9. The van der Waals surface area contributed by atoms with Crippen LogP contribution in [0.1, 0.15) is 46.5 Å². The summed E-state index contributed by atoms with van der Waals surface area (Å²) >= 11 is 0. The van der Waals surface area contributed by atoms with Crippen molar-refractivity contribution in [2.45, 2.75) is 52.5 Å². The largest absolute Gasteiger partial charge is 0.487 e. The number of rotatable bonds is 9. The Hall–Kier alpha value is -1.78. The number of para-hydroxylation sites is 1. The number of nitrogens with one attached hydrogen (secondary N) is 1. The Labute approximate surface area is 120 Å². The van der Waals surface area contributed by atoms with Gasteiger partial charge >= 0.3 is 5.69 Å². The van der Waals surface area contributed by atoms with Crippen LogP contribution in [0, 0.1) is 10.1 Å². The van der Waals surface area contributed by atoms with Crippen LogP contribution in [0.25, 0.3) is 0 Å². The molecule has 0 aromatic heterocycles. The van der Waals surface area contributed by atoms with Gasteiger partial charge in [-0.15, -0.1) is 0 Å². The number of hydrogen-bond acceptors (Lipinski definition) is 4. The molecule has 0 fully saturated rings. The van der Waals surface area contributed by atoms with Crippen LogP contribution in [0.3, 0.4) is 0 Å². The van der Waals surface area contributed by atoms with Gasteiger partial charge in [-0.1, -0.05) is 33.3 Å². The van der Waals surface area contributed by atoms with Crippen LogP contribution in [0.4, 0.5) is 11.4 Å². The topological polar surface area (TPSA) is 64.4 Å². The number of anilines is 1. The first kappa shape index (κ1) is 16.3. The van der Waals surface area contributed by atoms with Crippen LogP contribution < -0.4 is 10.1 Å². The van der Waals surface area contributed by atoms with Crippen molar-refractivity contribution in [1.82, 2.24) is 0 Å². The second-order valence-electron chi connectivity index (χ2n) is 4.80. The molecule has 1 atom stereocenters. The first-order valence-electron chi connectivity index (χ1n) is 7.30. The van der Waals surface area contributed by atoms with E-state index in [0.717, 1.165) is 25.7 Å². The molecule has 0 spiro atoms. The van der Waals surface area contributed by atoms with Crippen molar-refractivity contribution in [3.8, 4) is 5.75 Å². The number of nitro benzene ring substituents is 1. The van der Waals surface area contributed by atoms with Crippen molar-refractivity contribution in [2.75, 3.05) is 11.9 Å². The number of hydrogen-bond donors (Lipinski definition) is 1. The van der Waals surface area contributed by atoms with Crippen LogP contribution in [-0.4, -0.2) is 17.6 Å². The molecule has 5 heteroatoms. The fraction of sp³-hybridized carbons (Fsp3) is 0.600. The smallest absolute Gasteiger partial charge is 0.333 e. The Balaban J connectivity index is 3.02. The molecule has 1 aromatic rings. The average molecular weight is 280 g/mol. The molecule has 20 heavy (non-hydrogen) atoms. The Morgan fingerprint density at radius 2 is 2.05 bits per heavy atom. The fourth-order valence-corrected chi connectivity index (χ4v) is 2.10. The maximum atomic E-state index is 11.3. The molecular formula is C15H24N2O3. The molecule has 1 aromatic carbocycles. The Kier molecular flexibility index (Phi) is 6.84. The summed E-state index contributed by atoms with van der Waals surface area (Å²) in [6.07, 6.45) is 3.80. The van der Waals surface area contributed by atoms with E-state index in [0.29, 0.717) is 18.0 Å². The SMILES string of the molecule is CCCOc1cccc(NC(CC)CCC)c1[N+](=O)[O-]. The molecule has 1 unspecified atom stereocenters. The third-order valence-electron chi connectivity index (χ3n) is 3.13. The lowest BCUT2D eigenvalue weighted by Crippen LogP contribution is -2.19. The lowest BCUT2D eigenvalue weighted by atomic mass is 10.1. The summed E-state index contributed by atoms with van der Waals surface area (Å²) < 4.78 is 5.48. The third-order valence-corrected chi connectivity index (χ3v) is 3.13. The van der Waals surface area contributed by atoms with Crippen molar-refractivity contribution in [2.24, 2.45) is 0 Å². The quantitative estimate of drug-likeness (QED) is 0.538. The molecule has 0 aliphatic carbocycles. The summed E-state index contributed by atoms with van der Waals surface area (Å²) in [6.45, 7) is 6.65. The van der Waals surface area contributed by atoms with Crippen LogP contribution in [-0.2, 0) is 0 Å². The first-order chi connectivity index (χ1) is 9.63. The summed E-state index contributed by atoms with van der Waals surface area (Å²) in [5, 5.41) is 14.6. The van der Waals surface area contributed by atoms with Crippen molar-refractivity contribution >= 4 is 11.4 Å². The zero-order valence-corrected chi connectivity index (χ0v) is 12.5. The van der Waals surface area contributed by atoms with E-state index < -0.39 is 0 Å². The predicted molar refractivity (Wildman–Crippen MR) is 81.5 cm³/mol. The molecule has 0 aliphatic rings. The lowest BCUT2D eigenvalue weighted by Gasteiger charge is -2.18. The van der Waals surface area contributed by atoms with E-state index in [1.165, 1.54) is 0 Å². The molecule has 1 N–H and O–H groups in total. The van der Waals surface area contributed by atoms with Crippen molar-refractivity contribution in [1.29, 1.82) is 0 Å². The third kappa shape index (κ3) is 4.40. The summed E-state index contributed by atoms with van der Waals surface area (Å²) in [5.41, 5.74) is 0.583. The highest BCUT2D eigenvalue weighted by molar-refractivity contribution is 5.68. The lowest BCUT2D eigenvalue weighted by molar-refractivity contribution is -0.385. The van der Waals surface area contributed by atoms with Gasteiger partial charge in [0, 0.05) is 6.04 Å². The average Bonchev–Trinajstić information content (AvgIpc) is 2.44. The minimum atomic E-state index is -0.369. The van der Waals surface area contributed by atoms with Gasteiger partial charge in [0.1, 0.15) is 5.69 Å². The number of ether oxygens (including phenoxy) is 1. The zero-order chi connectivity index (χ0) is 15.0. The van der Waals surface area contributed by atoms with Crippen LogP contribution >= 0.6 is 0 Å². The van der Waals surface area contributed by atoms with Gasteiger partial charge in [-0.25, -0.2) is 0 Å². The van der Waals surface area contributed by atoms with Crippen LogP contribution in [0.5, 0.6) is 5.75 Å². The molecule has 112 valence electrons. The minimum absolute atomic E-state index is 0.0375. The molecule has 0 saturated heterocycles. The summed E-state index contributed by atoms with van der Waals surface area (Å²) in [7, 11) is 0. The Morgan fingerprint density at radius 1 is 1.30 bits per heavy atom. The maximum Gasteiger partial charge on any atom is 0.333 e. The molecule has 1 rings (SSSR count). The summed E-state index contributed by atoms with van der Waals surface area (Å²) in [6, 6.07) is 5.44. The van der Waals surface area contributed by atoms with Gasteiger partial charge in [-0.2, -0.15) is 0 Å². The van der Waals surface area contributed by atoms with E-state index in [9.17, 15) is 10.1 Å². The Morgan fingerprint density at radius 3 is 2.60 bits per heavy atom. The Bertz CT molecular complexity index is 435. The van der Waals surface area contributed by atoms with Gasteiger partial charge in [0.05, 0.1) is 11.5 Å². The first-order valence-corrected chi connectivity index (χ1v) is 7.30. The van der Waals surface area contributed by atoms with Gasteiger partial charge in [-0.05, 0) is 31.4 Å². The fourth-order valence-electron chi connectivity index (χ4n) is 2.10. The van der Waals surface area contributed by atoms with Crippen LogP contribution in [0.2, 0.25) is 0 Å². The van der Waals surface area contributed by atoms with E-state index in [1.807, 2.05) is 6.92 Å². The van der Waals surface area contributed by atoms with Gasteiger partial charge < -0.3 is 10.1 Å². The van der Waals surface area contributed by atoms with Gasteiger partial charge in [0.2, 0.25) is 0 Å². The maximum absolute atomic E-state index is 11.3. The molecule has 0 radical (unpaired) electrons. The van der Waals surface area contributed by atoms with Gasteiger partial charge in [0.15, 0.2) is 5.75 Å². The number of benzene rings is 1. The zero-order valence-electron chi connectivity index (χ0n) is 12.5. The monoisotopic (exact) mass is 280 g/mol. The standard InChI is InChI=1S/C15H24N2O3/c1-4-8-12(6-3)16-13-9-7-10-14(20-11-5-2)15(13)17(18)19/h7,9-10,12,16H,4-6,8,11H2,1-3H3. The van der Waals surface area contributed by atoms with E-state index >= 15 is 0 Å². The predicted octanol–water partition coefficient (Wildman–Crippen LogP) is 4.37. The minimum Gasteiger partial charge on any atom is -0.487 e. The second-order valence-corrected chi connectivity index (χ2v) is 4.80. The molecule has 0 heterocycles. The van der Waals surface area contributed by atoms with E-state index in [2.05, 4.69) is 19.2 Å². The molecule has 5 nitrogen and oxygen atoms in total. The summed E-state index contributed by atoms with van der Waals surface area (Å²) in [5.74, 6) is 0.341. The highest BCUT2D eigenvalue weighted by atomic mass is 16.6. The van der Waals surface area contributed by atoms with Gasteiger partial charge in [-0.3, -0.25) is 10.1 Å². The van der Waals surface area contributed by atoms with E-state index in [-0.39, 0.29) is 16.7 Å². The molecule has 0 aliphatic heterocycles. The van der Waals surface area contributed by atoms with Crippen LogP contribution in [0.15, 0.2) is 18.2 Å². The second kappa shape index (κ2) is 8.40. The number of nitro groups is 1. The van der Waals surface area contributed by atoms with Crippen molar-refractivity contribution in [3.05, 3.63) is 28.3 Å². The highest BCUT2D eigenvalue weighted by Crippen LogP contribution is 2.35. The van der Waals surface area contributed by atoms with Crippen molar-refractivity contribution < 1.29 is 9.66 Å². The number of nitrogens with zero attached hydrogens (tertiary/aromatic N) is 1.